The molecule has 1 aromatic rings. The minimum absolute atomic E-state index is 0.663. The largest absolute Gasteiger partial charge is 0.297 e. The molecule has 4 heteroatoms. The maximum atomic E-state index is 4.81. The Balaban J connectivity index is 1.55. The van der Waals surface area contributed by atoms with Crippen molar-refractivity contribution in [2.24, 2.45) is 0 Å². The van der Waals surface area contributed by atoms with Gasteiger partial charge in [0.15, 0.2) is 0 Å². The molecule has 2 heterocycles. The molecule has 3 rings (SSSR count). The number of piperidine rings is 1. The quantitative estimate of drug-likeness (QED) is 0.789. The first-order valence-corrected chi connectivity index (χ1v) is 8.63. The van der Waals surface area contributed by atoms with Gasteiger partial charge in [-0.2, -0.15) is 5.10 Å². The van der Waals surface area contributed by atoms with Crippen molar-refractivity contribution in [2.75, 3.05) is 13.1 Å². The highest BCUT2D eigenvalue weighted by Crippen LogP contribution is 2.27. The van der Waals surface area contributed by atoms with Crippen LogP contribution < -0.4 is 0 Å². The number of halogens is 1. The zero-order valence-electron chi connectivity index (χ0n) is 11.6. The average molecular weight is 326 g/mol. The molecule has 0 atom stereocenters. The lowest BCUT2D eigenvalue weighted by Gasteiger charge is -2.28. The smallest absolute Gasteiger partial charge is 0.0764 e. The Morgan fingerprint density at radius 3 is 2.58 bits per heavy atom. The van der Waals surface area contributed by atoms with E-state index in [1.165, 1.54) is 63.7 Å². The van der Waals surface area contributed by atoms with Gasteiger partial charge in [-0.1, -0.05) is 35.2 Å². The Kier molecular flexibility index (Phi) is 4.59. The molecule has 0 unspecified atom stereocenters. The molecule has 0 amide bonds. The summed E-state index contributed by atoms with van der Waals surface area (Å²) in [6.07, 6.45) is 11.5. The van der Waals surface area contributed by atoms with Crippen LogP contribution in [0.2, 0.25) is 0 Å². The molecule has 0 N–H and O–H groups in total. The fourth-order valence-corrected chi connectivity index (χ4v) is 3.71. The maximum Gasteiger partial charge on any atom is 0.0764 e. The Morgan fingerprint density at radius 2 is 1.84 bits per heavy atom. The van der Waals surface area contributed by atoms with Gasteiger partial charge < -0.3 is 0 Å². The van der Waals surface area contributed by atoms with Gasteiger partial charge >= 0.3 is 0 Å². The molecule has 2 fully saturated rings. The fourth-order valence-electron chi connectivity index (χ4n) is 3.30. The zero-order chi connectivity index (χ0) is 13.1. The van der Waals surface area contributed by atoms with Gasteiger partial charge in [-0.3, -0.25) is 9.58 Å². The van der Waals surface area contributed by atoms with E-state index >= 15 is 0 Å². The van der Waals surface area contributed by atoms with Gasteiger partial charge in [-0.05, 0) is 44.8 Å². The monoisotopic (exact) mass is 325 g/mol. The van der Waals surface area contributed by atoms with Gasteiger partial charge in [0.05, 0.1) is 11.7 Å². The Bertz CT molecular complexity index is 390. The summed E-state index contributed by atoms with van der Waals surface area (Å²) < 4.78 is 2.23. The van der Waals surface area contributed by atoms with E-state index in [9.17, 15) is 0 Å². The summed E-state index contributed by atoms with van der Waals surface area (Å²) in [5.41, 5.74) is 1.25. The highest BCUT2D eigenvalue weighted by atomic mass is 79.9. The van der Waals surface area contributed by atoms with Crippen molar-refractivity contribution >= 4 is 15.9 Å². The predicted octanol–water partition coefficient (Wildman–Crippen LogP) is 3.75. The average Bonchev–Trinajstić information content (AvgIpc) is 2.91. The lowest BCUT2D eigenvalue weighted by atomic mass is 9.96. The molecule has 1 saturated carbocycles. The lowest BCUT2D eigenvalue weighted by Crippen LogP contribution is -2.33. The standard InChI is InChI=1S/C15H24BrN3/c16-13-6-9-18(10-7-13)12-14-8-11-19(17-14)15-4-2-1-3-5-15/h8,11,13,15H,1-7,9-10,12H2. The van der Waals surface area contributed by atoms with Crippen LogP contribution in [0.5, 0.6) is 0 Å². The van der Waals surface area contributed by atoms with E-state index in [0.29, 0.717) is 6.04 Å². The third kappa shape index (κ3) is 3.60. The van der Waals surface area contributed by atoms with Gasteiger partial charge in [0.1, 0.15) is 0 Å². The van der Waals surface area contributed by atoms with Crippen LogP contribution in [0.1, 0.15) is 56.7 Å². The number of hydrogen-bond donors (Lipinski definition) is 0. The van der Waals surface area contributed by atoms with Crippen LogP contribution in [0.3, 0.4) is 0 Å². The van der Waals surface area contributed by atoms with Gasteiger partial charge in [0, 0.05) is 17.6 Å². The highest BCUT2D eigenvalue weighted by molar-refractivity contribution is 9.09. The predicted molar refractivity (Wildman–Crippen MR) is 81.6 cm³/mol. The van der Waals surface area contributed by atoms with Crippen LogP contribution in [0.25, 0.3) is 0 Å². The summed E-state index contributed by atoms with van der Waals surface area (Å²) >= 11 is 3.71. The Labute approximate surface area is 124 Å². The molecule has 1 aliphatic carbocycles. The van der Waals surface area contributed by atoms with E-state index in [0.717, 1.165) is 11.4 Å². The number of aromatic nitrogens is 2. The molecular weight excluding hydrogens is 302 g/mol. The Hall–Kier alpha value is -0.350. The van der Waals surface area contributed by atoms with E-state index in [1.807, 2.05) is 0 Å². The van der Waals surface area contributed by atoms with Gasteiger partial charge in [0.2, 0.25) is 0 Å². The number of rotatable bonds is 3. The van der Waals surface area contributed by atoms with Crippen molar-refractivity contribution in [1.29, 1.82) is 0 Å². The minimum atomic E-state index is 0.663. The minimum Gasteiger partial charge on any atom is -0.297 e. The zero-order valence-corrected chi connectivity index (χ0v) is 13.2. The first-order valence-electron chi connectivity index (χ1n) is 7.72. The van der Waals surface area contributed by atoms with E-state index < -0.39 is 0 Å². The maximum absolute atomic E-state index is 4.81. The van der Waals surface area contributed by atoms with E-state index in [-0.39, 0.29) is 0 Å². The van der Waals surface area contributed by atoms with Crippen molar-refractivity contribution in [3.8, 4) is 0 Å². The first-order chi connectivity index (χ1) is 9.31. The SMILES string of the molecule is BrC1CCN(Cc2ccn(C3CCCCC3)n2)CC1. The van der Waals surface area contributed by atoms with Gasteiger partial charge in [-0.25, -0.2) is 0 Å². The second-order valence-electron chi connectivity index (χ2n) is 6.03. The molecule has 1 saturated heterocycles. The molecule has 0 bridgehead atoms. The van der Waals surface area contributed by atoms with Crippen molar-refractivity contribution in [2.45, 2.75) is 62.4 Å². The normalized spacial score (nSPS) is 23.8. The van der Waals surface area contributed by atoms with Crippen molar-refractivity contribution in [3.05, 3.63) is 18.0 Å². The van der Waals surface area contributed by atoms with Crippen LogP contribution in [0.15, 0.2) is 12.3 Å². The van der Waals surface area contributed by atoms with Crippen molar-refractivity contribution in [3.63, 3.8) is 0 Å². The molecule has 2 aliphatic rings. The molecule has 0 spiro atoms. The summed E-state index contributed by atoms with van der Waals surface area (Å²) in [5, 5.41) is 4.81. The summed E-state index contributed by atoms with van der Waals surface area (Å²) in [6, 6.07) is 2.88. The highest BCUT2D eigenvalue weighted by Gasteiger charge is 2.19. The van der Waals surface area contributed by atoms with Crippen LogP contribution in [-0.2, 0) is 6.54 Å². The second kappa shape index (κ2) is 6.40. The summed E-state index contributed by atoms with van der Waals surface area (Å²) in [7, 11) is 0. The van der Waals surface area contributed by atoms with E-state index in [4.69, 9.17) is 5.10 Å². The first kappa shape index (κ1) is 13.6. The number of hydrogen-bond acceptors (Lipinski definition) is 2. The van der Waals surface area contributed by atoms with Crippen LogP contribution in [0, 0.1) is 0 Å². The van der Waals surface area contributed by atoms with Crippen LogP contribution >= 0.6 is 15.9 Å². The van der Waals surface area contributed by atoms with Crippen molar-refractivity contribution < 1.29 is 0 Å². The molecule has 3 nitrogen and oxygen atoms in total. The van der Waals surface area contributed by atoms with Crippen molar-refractivity contribution in [1.82, 2.24) is 14.7 Å². The fraction of sp³-hybridized carbons (Fsp3) is 0.800. The second-order valence-corrected chi connectivity index (χ2v) is 7.32. The molecule has 19 heavy (non-hydrogen) atoms. The molecule has 106 valence electrons. The van der Waals surface area contributed by atoms with Crippen LogP contribution in [0.4, 0.5) is 0 Å². The number of alkyl halides is 1. The lowest BCUT2D eigenvalue weighted by molar-refractivity contribution is 0.222. The topological polar surface area (TPSA) is 21.1 Å². The molecule has 1 aromatic heterocycles. The summed E-state index contributed by atoms with van der Waals surface area (Å²) in [5.74, 6) is 0. The van der Waals surface area contributed by atoms with Gasteiger partial charge in [0.25, 0.3) is 0 Å². The van der Waals surface area contributed by atoms with Gasteiger partial charge in [-0.15, -0.1) is 0 Å². The third-order valence-corrected chi connectivity index (χ3v) is 5.43. The van der Waals surface area contributed by atoms with E-state index in [1.54, 1.807) is 0 Å². The summed E-state index contributed by atoms with van der Waals surface area (Å²) in [4.78, 5) is 3.26. The molecule has 0 aromatic carbocycles. The summed E-state index contributed by atoms with van der Waals surface area (Å²) in [6.45, 7) is 3.43. The third-order valence-electron chi connectivity index (χ3n) is 4.52. The molecular formula is C15H24BrN3. The molecule has 0 radical (unpaired) electrons. The van der Waals surface area contributed by atoms with Crippen LogP contribution in [-0.4, -0.2) is 32.6 Å². The molecule has 1 aliphatic heterocycles. The Morgan fingerprint density at radius 1 is 1.11 bits per heavy atom. The number of nitrogens with zero attached hydrogens (tertiary/aromatic N) is 3. The number of likely N-dealkylation sites (tertiary alicyclic amines) is 1. The van der Waals surface area contributed by atoms with E-state index in [2.05, 4.69) is 37.8 Å².